The highest BCUT2D eigenvalue weighted by Gasteiger charge is 2.21. The Kier molecular flexibility index (Phi) is 6.56. The third-order valence-corrected chi connectivity index (χ3v) is 3.47. The number of amides is 1. The highest BCUT2D eigenvalue weighted by Crippen LogP contribution is 2.15. The summed E-state index contributed by atoms with van der Waals surface area (Å²) in [4.78, 5) is 22.8. The van der Waals surface area contributed by atoms with Gasteiger partial charge in [-0.15, -0.1) is 0 Å². The predicted octanol–water partition coefficient (Wildman–Crippen LogP) is 2.23. The molecular weight excluding hydrogens is 282 g/mol. The monoisotopic (exact) mass is 307 g/mol. The standard InChI is InChI=1S/C17H25NO4/c1-12(2)7-8-17(3,22)11-18-15(19)10-13-5-4-6-14(9-13)16(20)21/h4-6,9,12,22H,7-8,10-11H2,1-3H3,(H,18,19)(H,20,21). The van der Waals surface area contributed by atoms with Gasteiger partial charge in [-0.1, -0.05) is 26.0 Å². The van der Waals surface area contributed by atoms with E-state index in [-0.39, 0.29) is 24.4 Å². The highest BCUT2D eigenvalue weighted by atomic mass is 16.4. The number of hydrogen-bond acceptors (Lipinski definition) is 3. The average Bonchev–Trinajstić information content (AvgIpc) is 2.44. The molecular formula is C17H25NO4. The van der Waals surface area contributed by atoms with Crippen LogP contribution in [0.25, 0.3) is 0 Å². The third kappa shape index (κ3) is 6.72. The van der Waals surface area contributed by atoms with Gasteiger partial charge >= 0.3 is 5.97 Å². The Hall–Kier alpha value is -1.88. The van der Waals surface area contributed by atoms with Gasteiger partial charge in [0.15, 0.2) is 0 Å². The molecule has 1 aromatic carbocycles. The van der Waals surface area contributed by atoms with Crippen LogP contribution in [0.1, 0.15) is 49.5 Å². The maximum Gasteiger partial charge on any atom is 0.335 e. The van der Waals surface area contributed by atoms with Crippen molar-refractivity contribution in [2.45, 2.75) is 45.6 Å². The number of hydrogen-bond donors (Lipinski definition) is 3. The Labute approximate surface area is 131 Å². The van der Waals surface area contributed by atoms with E-state index in [9.17, 15) is 14.7 Å². The van der Waals surface area contributed by atoms with Gasteiger partial charge in [0, 0.05) is 6.54 Å². The van der Waals surface area contributed by atoms with E-state index in [0.717, 1.165) is 6.42 Å². The van der Waals surface area contributed by atoms with Crippen LogP contribution >= 0.6 is 0 Å². The molecule has 0 saturated carbocycles. The summed E-state index contributed by atoms with van der Waals surface area (Å²) in [5, 5.41) is 21.8. The van der Waals surface area contributed by atoms with Crippen molar-refractivity contribution in [2.75, 3.05) is 6.54 Å². The van der Waals surface area contributed by atoms with Crippen LogP contribution in [0.15, 0.2) is 24.3 Å². The molecule has 3 N–H and O–H groups in total. The van der Waals surface area contributed by atoms with Crippen LogP contribution < -0.4 is 5.32 Å². The van der Waals surface area contributed by atoms with Crippen LogP contribution in [0.2, 0.25) is 0 Å². The van der Waals surface area contributed by atoms with Crippen LogP contribution in [-0.4, -0.2) is 34.2 Å². The second kappa shape index (κ2) is 7.94. The summed E-state index contributed by atoms with van der Waals surface area (Å²) in [6.45, 7) is 6.08. The lowest BCUT2D eigenvalue weighted by Crippen LogP contribution is -2.41. The fourth-order valence-electron chi connectivity index (χ4n) is 2.04. The first-order valence-corrected chi connectivity index (χ1v) is 7.51. The van der Waals surface area contributed by atoms with Crippen molar-refractivity contribution in [1.82, 2.24) is 5.32 Å². The average molecular weight is 307 g/mol. The molecule has 122 valence electrons. The van der Waals surface area contributed by atoms with Crippen molar-refractivity contribution in [2.24, 2.45) is 5.92 Å². The number of nitrogens with one attached hydrogen (secondary N) is 1. The number of carboxylic acid groups (broad SMARTS) is 1. The summed E-state index contributed by atoms with van der Waals surface area (Å²) in [5.74, 6) is -0.743. The Balaban J connectivity index is 2.49. The number of aromatic carboxylic acids is 1. The van der Waals surface area contributed by atoms with E-state index in [4.69, 9.17) is 5.11 Å². The van der Waals surface area contributed by atoms with Crippen molar-refractivity contribution in [3.8, 4) is 0 Å². The molecule has 0 radical (unpaired) electrons. The maximum absolute atomic E-state index is 11.9. The van der Waals surface area contributed by atoms with E-state index < -0.39 is 11.6 Å². The molecule has 1 atom stereocenters. The Morgan fingerprint density at radius 1 is 1.32 bits per heavy atom. The van der Waals surface area contributed by atoms with E-state index in [1.165, 1.54) is 12.1 Å². The van der Waals surface area contributed by atoms with Gasteiger partial charge in [-0.05, 0) is 43.4 Å². The van der Waals surface area contributed by atoms with Gasteiger partial charge in [-0.3, -0.25) is 4.79 Å². The largest absolute Gasteiger partial charge is 0.478 e. The molecule has 0 aliphatic carbocycles. The minimum atomic E-state index is -1.01. The molecule has 1 rings (SSSR count). The molecule has 0 aliphatic rings. The van der Waals surface area contributed by atoms with Crippen molar-refractivity contribution in [1.29, 1.82) is 0 Å². The second-order valence-electron chi connectivity index (χ2n) is 6.39. The van der Waals surface area contributed by atoms with Gasteiger partial charge in [-0.25, -0.2) is 4.79 Å². The summed E-state index contributed by atoms with van der Waals surface area (Å²) >= 11 is 0. The van der Waals surface area contributed by atoms with Gasteiger partial charge in [-0.2, -0.15) is 0 Å². The Morgan fingerprint density at radius 3 is 2.59 bits per heavy atom. The summed E-state index contributed by atoms with van der Waals surface area (Å²) < 4.78 is 0. The molecule has 1 aromatic rings. The second-order valence-corrected chi connectivity index (χ2v) is 6.39. The van der Waals surface area contributed by atoms with E-state index in [2.05, 4.69) is 19.2 Å². The van der Waals surface area contributed by atoms with Crippen molar-refractivity contribution in [3.05, 3.63) is 35.4 Å². The lowest BCUT2D eigenvalue weighted by atomic mass is 9.95. The van der Waals surface area contributed by atoms with Gasteiger partial charge in [0.05, 0.1) is 17.6 Å². The van der Waals surface area contributed by atoms with Crippen LogP contribution in [-0.2, 0) is 11.2 Å². The third-order valence-electron chi connectivity index (χ3n) is 3.47. The fraction of sp³-hybridized carbons (Fsp3) is 0.529. The van der Waals surface area contributed by atoms with Crippen molar-refractivity contribution in [3.63, 3.8) is 0 Å². The molecule has 0 bridgehead atoms. The van der Waals surface area contributed by atoms with E-state index in [1.807, 2.05) is 0 Å². The molecule has 1 unspecified atom stereocenters. The van der Waals surface area contributed by atoms with E-state index in [0.29, 0.717) is 17.9 Å². The molecule has 0 heterocycles. The molecule has 0 spiro atoms. The molecule has 0 saturated heterocycles. The zero-order valence-electron chi connectivity index (χ0n) is 13.4. The van der Waals surface area contributed by atoms with Gasteiger partial charge in [0.25, 0.3) is 0 Å². The fourth-order valence-corrected chi connectivity index (χ4v) is 2.04. The van der Waals surface area contributed by atoms with Crippen LogP contribution in [0, 0.1) is 5.92 Å². The lowest BCUT2D eigenvalue weighted by Gasteiger charge is -2.24. The Morgan fingerprint density at radius 2 is 2.00 bits per heavy atom. The normalized spacial score (nSPS) is 13.7. The molecule has 0 aliphatic heterocycles. The van der Waals surface area contributed by atoms with Gasteiger partial charge in [0.2, 0.25) is 5.91 Å². The zero-order chi connectivity index (χ0) is 16.8. The number of rotatable bonds is 8. The maximum atomic E-state index is 11.9. The van der Waals surface area contributed by atoms with Crippen molar-refractivity contribution < 1.29 is 19.8 Å². The molecule has 22 heavy (non-hydrogen) atoms. The first kappa shape index (κ1) is 18.2. The van der Waals surface area contributed by atoms with Crippen LogP contribution in [0.3, 0.4) is 0 Å². The highest BCUT2D eigenvalue weighted by molar-refractivity contribution is 5.88. The van der Waals surface area contributed by atoms with Gasteiger partial charge < -0.3 is 15.5 Å². The minimum Gasteiger partial charge on any atom is -0.478 e. The number of carbonyl (C=O) groups excluding carboxylic acids is 1. The molecule has 0 fully saturated rings. The molecule has 5 heteroatoms. The number of carbonyl (C=O) groups is 2. The SMILES string of the molecule is CC(C)CCC(C)(O)CNC(=O)Cc1cccc(C(=O)O)c1. The number of benzene rings is 1. The summed E-state index contributed by atoms with van der Waals surface area (Å²) in [6.07, 6.45) is 1.62. The number of carboxylic acids is 1. The molecule has 0 aromatic heterocycles. The van der Waals surface area contributed by atoms with E-state index in [1.54, 1.807) is 19.1 Å². The molecule has 5 nitrogen and oxygen atoms in total. The smallest absolute Gasteiger partial charge is 0.335 e. The summed E-state index contributed by atoms with van der Waals surface area (Å²) in [6, 6.07) is 6.30. The summed E-state index contributed by atoms with van der Waals surface area (Å²) in [7, 11) is 0. The van der Waals surface area contributed by atoms with Crippen LogP contribution in [0.5, 0.6) is 0 Å². The van der Waals surface area contributed by atoms with Crippen LogP contribution in [0.4, 0.5) is 0 Å². The summed E-state index contributed by atoms with van der Waals surface area (Å²) in [5.41, 5.74) is -0.128. The minimum absolute atomic E-state index is 0.0986. The zero-order valence-corrected chi connectivity index (χ0v) is 13.4. The quantitative estimate of drug-likeness (QED) is 0.687. The first-order valence-electron chi connectivity index (χ1n) is 7.51. The topological polar surface area (TPSA) is 86.6 Å². The Bertz CT molecular complexity index is 523. The first-order chi connectivity index (χ1) is 10.2. The lowest BCUT2D eigenvalue weighted by molar-refractivity contribution is -0.121. The number of aliphatic hydroxyl groups is 1. The van der Waals surface area contributed by atoms with Gasteiger partial charge in [0.1, 0.15) is 0 Å². The van der Waals surface area contributed by atoms with E-state index >= 15 is 0 Å². The van der Waals surface area contributed by atoms with Crippen molar-refractivity contribution >= 4 is 11.9 Å². The molecule has 1 amide bonds. The predicted molar refractivity (Wildman–Crippen MR) is 84.8 cm³/mol.